The van der Waals surface area contributed by atoms with Gasteiger partial charge in [0.15, 0.2) is 9.84 Å². The largest absolute Gasteiger partial charge is 0.430 e. The number of sulfone groups is 1. The minimum Gasteiger partial charge on any atom is -0.349 e. The molecule has 0 saturated heterocycles. The molecule has 0 radical (unpaired) electrons. The van der Waals surface area contributed by atoms with Gasteiger partial charge in [0.2, 0.25) is 0 Å². The Balaban J connectivity index is 1.79. The Morgan fingerprint density at radius 2 is 1.32 bits per heavy atom. The van der Waals surface area contributed by atoms with Crippen molar-refractivity contribution < 1.29 is 43.9 Å². The average molecular weight is 629 g/mol. The summed E-state index contributed by atoms with van der Waals surface area (Å²) >= 11 is 11.6. The molecule has 1 aliphatic rings. The van der Waals surface area contributed by atoms with Crippen LogP contribution in [0, 0.1) is 5.82 Å². The topological polar surface area (TPSA) is 43.4 Å². The molecular weight excluding hydrogens is 608 g/mol. The summed E-state index contributed by atoms with van der Waals surface area (Å²) in [6, 6.07) is 10.7. The van der Waals surface area contributed by atoms with Gasteiger partial charge in [-0.25, -0.2) is 12.8 Å². The first-order valence-corrected chi connectivity index (χ1v) is 14.1. The third-order valence-corrected chi connectivity index (χ3v) is 10.4. The Kier molecular flexibility index (Phi) is 8.28. The number of benzene rings is 3. The Morgan fingerprint density at radius 3 is 1.82 bits per heavy atom. The van der Waals surface area contributed by atoms with Crippen molar-refractivity contribution in [2.45, 2.75) is 59.9 Å². The number of hydrogen-bond donors (Lipinski definition) is 0. The zero-order valence-electron chi connectivity index (χ0n) is 20.4. The van der Waals surface area contributed by atoms with Crippen molar-refractivity contribution >= 4 is 33.0 Å². The summed E-state index contributed by atoms with van der Waals surface area (Å²) < 4.78 is 130. The molecule has 0 aromatic heterocycles. The van der Waals surface area contributed by atoms with Gasteiger partial charge in [-0.2, -0.15) is 26.3 Å². The number of hydrogen-bond acceptors (Lipinski definition) is 3. The van der Waals surface area contributed by atoms with Gasteiger partial charge in [-0.3, -0.25) is 0 Å². The van der Waals surface area contributed by atoms with Crippen LogP contribution in [0.25, 0.3) is 0 Å². The lowest BCUT2D eigenvalue weighted by molar-refractivity contribution is -0.392. The summed E-state index contributed by atoms with van der Waals surface area (Å²) in [5.41, 5.74) is -6.06. The van der Waals surface area contributed by atoms with E-state index in [-0.39, 0.29) is 38.9 Å². The molecule has 0 atom stereocenters. The SMILES string of the molecule is O=S(=O)(c1ccc(F)cc1)C1(c2ccc(C(OCc3ccc(Cl)c(Cl)c3)(C(F)(F)F)C(F)(F)F)cc2)CCCC1. The van der Waals surface area contributed by atoms with Crippen LogP contribution in [0.3, 0.4) is 0 Å². The quantitative estimate of drug-likeness (QED) is 0.194. The van der Waals surface area contributed by atoms with Crippen LogP contribution in [0.2, 0.25) is 10.0 Å². The van der Waals surface area contributed by atoms with Crippen molar-refractivity contribution in [2.24, 2.45) is 0 Å². The molecule has 3 nitrogen and oxygen atoms in total. The second-order valence-electron chi connectivity index (χ2n) is 9.45. The third-order valence-electron chi connectivity index (χ3n) is 7.10. The first-order chi connectivity index (χ1) is 18.5. The highest BCUT2D eigenvalue weighted by Crippen LogP contribution is 2.54. The minimum atomic E-state index is -5.95. The zero-order valence-corrected chi connectivity index (χ0v) is 22.7. The van der Waals surface area contributed by atoms with E-state index in [1.165, 1.54) is 12.1 Å². The highest BCUT2D eigenvalue weighted by Gasteiger charge is 2.73. The van der Waals surface area contributed by atoms with Gasteiger partial charge in [-0.15, -0.1) is 0 Å². The lowest BCUT2D eigenvalue weighted by Gasteiger charge is -2.38. The lowest BCUT2D eigenvalue weighted by Crippen LogP contribution is -2.55. The molecule has 0 bridgehead atoms. The maximum absolute atomic E-state index is 14.3. The van der Waals surface area contributed by atoms with Crippen molar-refractivity contribution in [2.75, 3.05) is 0 Å². The molecule has 0 unspecified atom stereocenters. The number of ether oxygens (including phenoxy) is 1. The monoisotopic (exact) mass is 628 g/mol. The fraction of sp³-hybridized carbons (Fsp3) is 0.333. The van der Waals surface area contributed by atoms with E-state index in [1.54, 1.807) is 0 Å². The van der Waals surface area contributed by atoms with E-state index in [9.17, 15) is 39.2 Å². The van der Waals surface area contributed by atoms with E-state index in [4.69, 9.17) is 23.2 Å². The van der Waals surface area contributed by atoms with Gasteiger partial charge in [0.05, 0.1) is 21.5 Å². The van der Waals surface area contributed by atoms with E-state index in [0.717, 1.165) is 42.5 Å². The van der Waals surface area contributed by atoms with Gasteiger partial charge in [0.25, 0.3) is 5.60 Å². The van der Waals surface area contributed by atoms with Crippen LogP contribution in [0.4, 0.5) is 30.7 Å². The van der Waals surface area contributed by atoms with Gasteiger partial charge >= 0.3 is 12.4 Å². The standard InChI is InChI=1S/C27H21Cl2F7O3S/c28-22-12-3-17(15-23(22)29)16-39-25(26(31,32)33,27(34,35)36)19-6-4-18(5-7-19)24(13-1-2-14-24)40(37,38)21-10-8-20(30)9-11-21/h3-12,15H,1-2,13-14,16H2. The van der Waals surface area contributed by atoms with Crippen LogP contribution in [0.15, 0.2) is 71.6 Å². The van der Waals surface area contributed by atoms with Crippen LogP contribution < -0.4 is 0 Å². The molecule has 0 spiro atoms. The Bertz CT molecular complexity index is 1450. The predicted molar refractivity (Wildman–Crippen MR) is 135 cm³/mol. The van der Waals surface area contributed by atoms with Gasteiger partial charge in [0, 0.05) is 5.56 Å². The maximum atomic E-state index is 14.3. The molecule has 13 heteroatoms. The average Bonchev–Trinajstić information content (AvgIpc) is 3.37. The summed E-state index contributed by atoms with van der Waals surface area (Å²) in [5, 5.41) is -0.0312. The van der Waals surface area contributed by atoms with E-state index in [2.05, 4.69) is 4.74 Å². The molecule has 40 heavy (non-hydrogen) atoms. The van der Waals surface area contributed by atoms with Crippen LogP contribution in [0.5, 0.6) is 0 Å². The highest BCUT2D eigenvalue weighted by molar-refractivity contribution is 7.92. The molecule has 216 valence electrons. The number of alkyl halides is 6. The molecule has 3 aromatic rings. The van der Waals surface area contributed by atoms with E-state index in [1.807, 2.05) is 0 Å². The maximum Gasteiger partial charge on any atom is 0.430 e. The van der Waals surface area contributed by atoms with Crippen molar-refractivity contribution in [3.05, 3.63) is 99.3 Å². The van der Waals surface area contributed by atoms with Crippen LogP contribution in [-0.4, -0.2) is 20.8 Å². The van der Waals surface area contributed by atoms with E-state index >= 15 is 0 Å². The third kappa shape index (κ3) is 5.21. The molecule has 0 aliphatic heterocycles. The molecule has 1 saturated carbocycles. The summed E-state index contributed by atoms with van der Waals surface area (Å²) in [6.45, 7) is -1.11. The van der Waals surface area contributed by atoms with E-state index < -0.39 is 50.5 Å². The van der Waals surface area contributed by atoms with E-state index in [0.29, 0.717) is 25.0 Å². The molecule has 0 heterocycles. The van der Waals surface area contributed by atoms with Crippen LogP contribution >= 0.6 is 23.2 Å². The zero-order chi connectivity index (χ0) is 29.6. The van der Waals surface area contributed by atoms with Gasteiger partial charge in [-0.1, -0.05) is 66.4 Å². The molecule has 1 aliphatic carbocycles. The number of rotatable bonds is 7. The predicted octanol–water partition coefficient (Wildman–Crippen LogP) is 8.91. The molecule has 1 fully saturated rings. The van der Waals surface area contributed by atoms with Gasteiger partial charge in [-0.05, 0) is 60.4 Å². The molecule has 3 aromatic carbocycles. The summed E-state index contributed by atoms with van der Waals surface area (Å²) in [4.78, 5) is -0.204. The fourth-order valence-corrected chi connectivity index (χ4v) is 7.60. The normalized spacial score (nSPS) is 16.3. The summed E-state index contributed by atoms with van der Waals surface area (Å²) in [5.74, 6) is -0.666. The summed E-state index contributed by atoms with van der Waals surface area (Å²) in [6.07, 6.45) is -10.8. The second-order valence-corrected chi connectivity index (χ2v) is 12.5. The Hall–Kier alpha value is -2.34. The fourth-order valence-electron chi connectivity index (χ4n) is 5.06. The minimum absolute atomic E-state index is 0.0285. The van der Waals surface area contributed by atoms with Gasteiger partial charge in [0.1, 0.15) is 10.6 Å². The molecule has 4 rings (SSSR count). The van der Waals surface area contributed by atoms with Gasteiger partial charge < -0.3 is 4.74 Å². The molecule has 0 N–H and O–H groups in total. The lowest BCUT2D eigenvalue weighted by atomic mass is 9.88. The Labute approximate surface area is 235 Å². The van der Waals surface area contributed by atoms with Crippen LogP contribution in [0.1, 0.15) is 42.4 Å². The van der Waals surface area contributed by atoms with Crippen molar-refractivity contribution in [1.82, 2.24) is 0 Å². The first-order valence-electron chi connectivity index (χ1n) is 11.9. The van der Waals surface area contributed by atoms with Crippen molar-refractivity contribution in [3.63, 3.8) is 0 Å². The van der Waals surface area contributed by atoms with Crippen LogP contribution in [-0.2, 0) is 31.5 Å². The smallest absolute Gasteiger partial charge is 0.349 e. The highest BCUT2D eigenvalue weighted by atomic mass is 35.5. The molecular formula is C27H21Cl2F7O3S. The molecule has 0 amide bonds. The van der Waals surface area contributed by atoms with Crippen molar-refractivity contribution in [3.8, 4) is 0 Å². The summed E-state index contributed by atoms with van der Waals surface area (Å²) in [7, 11) is -4.19. The Morgan fingerprint density at radius 1 is 0.775 bits per heavy atom. The number of halogens is 9. The van der Waals surface area contributed by atoms with Crippen molar-refractivity contribution in [1.29, 1.82) is 0 Å². The second kappa shape index (κ2) is 10.8. The first kappa shape index (κ1) is 30.6.